The van der Waals surface area contributed by atoms with E-state index in [4.69, 9.17) is 0 Å². The Bertz CT molecular complexity index is 657. The van der Waals surface area contributed by atoms with Crippen molar-refractivity contribution in [3.05, 3.63) is 69.7 Å². The van der Waals surface area contributed by atoms with Gasteiger partial charge in [0.2, 0.25) is 0 Å². The maximum atomic E-state index is 14.3. The van der Waals surface area contributed by atoms with Gasteiger partial charge in [0.1, 0.15) is 11.6 Å². The van der Waals surface area contributed by atoms with Gasteiger partial charge in [-0.15, -0.1) is 0 Å². The van der Waals surface area contributed by atoms with Gasteiger partial charge in [-0.3, -0.25) is 4.90 Å². The molecule has 1 fully saturated rings. The standard InChI is InChI=1S/C17H17BrF2N2/c18-13-3-1-2-12(10-13)17(22-8-6-21-7-9-22)15-5-4-14(19)11-16(15)20/h1-5,10-11,17,21H,6-9H2. The molecule has 22 heavy (non-hydrogen) atoms. The first kappa shape index (κ1) is 15.6. The van der Waals surface area contributed by atoms with Crippen molar-refractivity contribution in [3.8, 4) is 0 Å². The van der Waals surface area contributed by atoms with Crippen molar-refractivity contribution in [3.63, 3.8) is 0 Å². The van der Waals surface area contributed by atoms with Gasteiger partial charge in [-0.25, -0.2) is 8.78 Å². The van der Waals surface area contributed by atoms with Crippen molar-refractivity contribution in [1.29, 1.82) is 0 Å². The molecule has 0 aromatic heterocycles. The van der Waals surface area contributed by atoms with Gasteiger partial charge in [0.25, 0.3) is 0 Å². The molecule has 0 radical (unpaired) electrons. The summed E-state index contributed by atoms with van der Waals surface area (Å²) in [6.45, 7) is 3.39. The summed E-state index contributed by atoms with van der Waals surface area (Å²) in [7, 11) is 0. The summed E-state index contributed by atoms with van der Waals surface area (Å²) in [5, 5.41) is 3.30. The molecule has 5 heteroatoms. The molecule has 3 rings (SSSR count). The Kier molecular flexibility index (Phi) is 4.86. The van der Waals surface area contributed by atoms with Crippen LogP contribution < -0.4 is 5.32 Å². The van der Waals surface area contributed by atoms with Crippen LogP contribution in [-0.4, -0.2) is 31.1 Å². The van der Waals surface area contributed by atoms with Crippen molar-refractivity contribution in [2.75, 3.05) is 26.2 Å². The lowest BCUT2D eigenvalue weighted by Crippen LogP contribution is -2.45. The molecule has 1 unspecified atom stereocenters. The fraction of sp³-hybridized carbons (Fsp3) is 0.294. The lowest BCUT2D eigenvalue weighted by atomic mass is 9.96. The third-order valence-corrected chi connectivity index (χ3v) is 4.43. The number of nitrogens with zero attached hydrogens (tertiary/aromatic N) is 1. The monoisotopic (exact) mass is 366 g/mol. The van der Waals surface area contributed by atoms with Crippen molar-refractivity contribution < 1.29 is 8.78 Å². The highest BCUT2D eigenvalue weighted by molar-refractivity contribution is 9.10. The van der Waals surface area contributed by atoms with Crippen LogP contribution in [0.15, 0.2) is 46.9 Å². The minimum absolute atomic E-state index is 0.208. The number of rotatable bonds is 3. The smallest absolute Gasteiger partial charge is 0.131 e. The quantitative estimate of drug-likeness (QED) is 0.890. The largest absolute Gasteiger partial charge is 0.314 e. The SMILES string of the molecule is Fc1ccc(C(c2cccc(Br)c2)N2CCNCC2)c(F)c1. The van der Waals surface area contributed by atoms with Gasteiger partial charge in [-0.1, -0.05) is 34.1 Å². The van der Waals surface area contributed by atoms with Crippen LogP contribution in [0.2, 0.25) is 0 Å². The molecule has 2 nitrogen and oxygen atoms in total. The number of nitrogens with one attached hydrogen (secondary N) is 1. The highest BCUT2D eigenvalue weighted by Gasteiger charge is 2.26. The van der Waals surface area contributed by atoms with Crippen LogP contribution in [0.25, 0.3) is 0 Å². The zero-order valence-electron chi connectivity index (χ0n) is 12.0. The molecule has 116 valence electrons. The van der Waals surface area contributed by atoms with Gasteiger partial charge in [0.15, 0.2) is 0 Å². The summed E-state index contributed by atoms with van der Waals surface area (Å²) in [4.78, 5) is 2.23. The van der Waals surface area contributed by atoms with E-state index in [9.17, 15) is 8.78 Å². The van der Waals surface area contributed by atoms with Crippen molar-refractivity contribution in [2.45, 2.75) is 6.04 Å². The average molecular weight is 367 g/mol. The van der Waals surface area contributed by atoms with E-state index in [1.807, 2.05) is 24.3 Å². The third kappa shape index (κ3) is 3.37. The Hall–Kier alpha value is -1.30. The van der Waals surface area contributed by atoms with E-state index in [0.717, 1.165) is 42.3 Å². The minimum Gasteiger partial charge on any atom is -0.314 e. The molecule has 2 aromatic rings. The molecule has 1 aliphatic rings. The van der Waals surface area contributed by atoms with E-state index >= 15 is 0 Å². The van der Waals surface area contributed by atoms with Gasteiger partial charge in [0, 0.05) is 42.3 Å². The molecular weight excluding hydrogens is 350 g/mol. The van der Waals surface area contributed by atoms with E-state index in [0.29, 0.717) is 5.56 Å². The van der Waals surface area contributed by atoms with Crippen LogP contribution in [0.1, 0.15) is 17.2 Å². The number of hydrogen-bond acceptors (Lipinski definition) is 2. The second-order valence-electron chi connectivity index (χ2n) is 5.41. The Morgan fingerprint density at radius 3 is 2.50 bits per heavy atom. The predicted octanol–water partition coefficient (Wildman–Crippen LogP) is 3.72. The van der Waals surface area contributed by atoms with Crippen molar-refractivity contribution in [2.24, 2.45) is 0 Å². The van der Waals surface area contributed by atoms with Gasteiger partial charge in [-0.2, -0.15) is 0 Å². The number of benzene rings is 2. The summed E-state index contributed by atoms with van der Waals surface area (Å²) in [6.07, 6.45) is 0. The zero-order chi connectivity index (χ0) is 15.5. The zero-order valence-corrected chi connectivity index (χ0v) is 13.6. The van der Waals surface area contributed by atoms with Crippen molar-refractivity contribution >= 4 is 15.9 Å². The molecule has 1 atom stereocenters. The van der Waals surface area contributed by atoms with Gasteiger partial charge in [-0.05, 0) is 23.8 Å². The van der Waals surface area contributed by atoms with Crippen LogP contribution >= 0.6 is 15.9 Å². The molecule has 1 heterocycles. The summed E-state index contributed by atoms with van der Waals surface area (Å²) in [5.74, 6) is -1.04. The first-order chi connectivity index (χ1) is 10.6. The second-order valence-corrected chi connectivity index (χ2v) is 6.33. The van der Waals surface area contributed by atoms with E-state index in [1.54, 1.807) is 6.07 Å². The first-order valence-electron chi connectivity index (χ1n) is 7.30. The van der Waals surface area contributed by atoms with Crippen LogP contribution in [0.5, 0.6) is 0 Å². The van der Waals surface area contributed by atoms with E-state index in [2.05, 4.69) is 26.1 Å². The molecule has 0 spiro atoms. The highest BCUT2D eigenvalue weighted by Crippen LogP contribution is 2.32. The molecule has 2 aromatic carbocycles. The van der Waals surface area contributed by atoms with E-state index in [-0.39, 0.29) is 6.04 Å². The first-order valence-corrected chi connectivity index (χ1v) is 8.09. The van der Waals surface area contributed by atoms with Gasteiger partial charge in [0.05, 0.1) is 6.04 Å². The fourth-order valence-corrected chi connectivity index (χ4v) is 3.34. The number of hydrogen-bond donors (Lipinski definition) is 1. The summed E-state index contributed by atoms with van der Waals surface area (Å²) >= 11 is 3.47. The Labute approximate surface area is 137 Å². The maximum Gasteiger partial charge on any atom is 0.131 e. The Morgan fingerprint density at radius 2 is 1.82 bits per heavy atom. The molecule has 0 amide bonds. The van der Waals surface area contributed by atoms with Crippen LogP contribution in [0, 0.1) is 11.6 Å². The van der Waals surface area contributed by atoms with Crippen LogP contribution in [0.4, 0.5) is 8.78 Å². The normalized spacial score (nSPS) is 17.4. The van der Waals surface area contributed by atoms with Crippen molar-refractivity contribution in [1.82, 2.24) is 10.2 Å². The number of piperazine rings is 1. The second kappa shape index (κ2) is 6.86. The molecular formula is C17H17BrF2N2. The molecule has 0 saturated carbocycles. The van der Waals surface area contributed by atoms with E-state index < -0.39 is 11.6 Å². The summed E-state index contributed by atoms with van der Waals surface area (Å²) in [6, 6.07) is 11.5. The average Bonchev–Trinajstić information content (AvgIpc) is 2.51. The van der Waals surface area contributed by atoms with Crippen LogP contribution in [-0.2, 0) is 0 Å². The molecule has 0 bridgehead atoms. The summed E-state index contributed by atoms with van der Waals surface area (Å²) in [5.41, 5.74) is 1.52. The highest BCUT2D eigenvalue weighted by atomic mass is 79.9. The lowest BCUT2D eigenvalue weighted by molar-refractivity contribution is 0.195. The van der Waals surface area contributed by atoms with Crippen LogP contribution in [0.3, 0.4) is 0 Å². The fourth-order valence-electron chi connectivity index (χ4n) is 2.93. The maximum absolute atomic E-state index is 14.3. The predicted molar refractivity (Wildman–Crippen MR) is 86.8 cm³/mol. The Morgan fingerprint density at radius 1 is 1.05 bits per heavy atom. The van der Waals surface area contributed by atoms with Gasteiger partial charge >= 0.3 is 0 Å². The minimum atomic E-state index is -0.547. The molecule has 1 saturated heterocycles. The van der Waals surface area contributed by atoms with Gasteiger partial charge < -0.3 is 5.32 Å². The third-order valence-electron chi connectivity index (χ3n) is 3.94. The topological polar surface area (TPSA) is 15.3 Å². The lowest BCUT2D eigenvalue weighted by Gasteiger charge is -2.35. The Balaban J connectivity index is 2.05. The molecule has 1 aliphatic heterocycles. The number of halogens is 3. The van der Waals surface area contributed by atoms with E-state index in [1.165, 1.54) is 6.07 Å². The molecule has 0 aliphatic carbocycles. The molecule has 1 N–H and O–H groups in total. The summed E-state index contributed by atoms with van der Waals surface area (Å²) < 4.78 is 28.5.